The van der Waals surface area contributed by atoms with E-state index in [1.807, 2.05) is 24.3 Å². The molecule has 0 bridgehead atoms. The molecule has 1 aliphatic rings. The third kappa shape index (κ3) is 6.70. The zero-order chi connectivity index (χ0) is 24.8. The minimum atomic E-state index is -4.41. The summed E-state index contributed by atoms with van der Waals surface area (Å²) in [6.07, 6.45) is -3.77. The molecule has 1 aromatic heterocycles. The van der Waals surface area contributed by atoms with Gasteiger partial charge in [0.15, 0.2) is 0 Å². The number of methoxy groups -OCH3 is 1. The highest BCUT2D eigenvalue weighted by Crippen LogP contribution is 2.29. The van der Waals surface area contributed by atoms with Crippen molar-refractivity contribution in [3.05, 3.63) is 71.0 Å². The lowest BCUT2D eigenvalue weighted by Crippen LogP contribution is -2.48. The Balaban J connectivity index is 1.20. The van der Waals surface area contributed by atoms with Crippen molar-refractivity contribution in [1.82, 2.24) is 19.6 Å². The topological polar surface area (TPSA) is 70.6 Å². The molecule has 2 heterocycles. The Morgan fingerprint density at radius 2 is 1.86 bits per heavy atom. The molecule has 0 saturated carbocycles. The van der Waals surface area contributed by atoms with Gasteiger partial charge in [-0.2, -0.15) is 17.5 Å². The Bertz CT molecular complexity index is 1130. The number of halogens is 3. The van der Waals surface area contributed by atoms with Crippen molar-refractivity contribution >= 4 is 22.6 Å². The van der Waals surface area contributed by atoms with Gasteiger partial charge in [0.1, 0.15) is 11.6 Å². The SMILES string of the molecule is COc1cccc(Cc2nsc(N3CCN(CCNC(=O)c4ccc(C(F)(F)F)cc4)CC3)n2)c1. The molecule has 1 aliphatic heterocycles. The number of hydrogen-bond donors (Lipinski definition) is 1. The van der Waals surface area contributed by atoms with Crippen LogP contribution in [-0.4, -0.2) is 66.5 Å². The molecule has 0 radical (unpaired) electrons. The van der Waals surface area contributed by atoms with Crippen LogP contribution in [0.15, 0.2) is 48.5 Å². The zero-order valence-electron chi connectivity index (χ0n) is 19.2. The molecule has 2 aromatic carbocycles. The first-order valence-corrected chi connectivity index (χ1v) is 12.0. The van der Waals surface area contributed by atoms with E-state index in [2.05, 4.69) is 19.5 Å². The van der Waals surface area contributed by atoms with E-state index in [0.717, 1.165) is 60.6 Å². The van der Waals surface area contributed by atoms with Crippen molar-refractivity contribution in [1.29, 1.82) is 0 Å². The lowest BCUT2D eigenvalue weighted by Gasteiger charge is -2.34. The van der Waals surface area contributed by atoms with E-state index in [1.165, 1.54) is 23.7 Å². The Morgan fingerprint density at radius 3 is 2.54 bits per heavy atom. The highest BCUT2D eigenvalue weighted by atomic mass is 32.1. The maximum Gasteiger partial charge on any atom is 0.416 e. The molecule has 4 rings (SSSR count). The van der Waals surface area contributed by atoms with Crippen LogP contribution < -0.4 is 15.0 Å². The third-order valence-electron chi connectivity index (χ3n) is 5.78. The minimum absolute atomic E-state index is 0.212. The summed E-state index contributed by atoms with van der Waals surface area (Å²) in [4.78, 5) is 21.4. The van der Waals surface area contributed by atoms with Crippen LogP contribution in [0, 0.1) is 0 Å². The molecule has 1 saturated heterocycles. The van der Waals surface area contributed by atoms with E-state index in [-0.39, 0.29) is 11.5 Å². The molecule has 3 aromatic rings. The summed E-state index contributed by atoms with van der Waals surface area (Å²) >= 11 is 1.40. The number of piperazine rings is 1. The van der Waals surface area contributed by atoms with Crippen LogP contribution in [0.4, 0.5) is 18.3 Å². The molecule has 1 N–H and O–H groups in total. The average Bonchev–Trinajstić information content (AvgIpc) is 3.32. The summed E-state index contributed by atoms with van der Waals surface area (Å²) in [6, 6.07) is 12.1. The maximum absolute atomic E-state index is 12.7. The van der Waals surface area contributed by atoms with E-state index in [9.17, 15) is 18.0 Å². The first-order chi connectivity index (χ1) is 16.8. The van der Waals surface area contributed by atoms with Gasteiger partial charge in [0.05, 0.1) is 12.7 Å². The second-order valence-corrected chi connectivity index (χ2v) is 8.91. The van der Waals surface area contributed by atoms with Gasteiger partial charge in [0.25, 0.3) is 5.91 Å². The summed E-state index contributed by atoms with van der Waals surface area (Å²) in [5.74, 6) is 1.21. The Hall–Kier alpha value is -3.18. The number of carbonyl (C=O) groups is 1. The number of nitrogens with one attached hydrogen (secondary N) is 1. The molecule has 0 spiro atoms. The van der Waals surface area contributed by atoms with Crippen molar-refractivity contribution in [3.63, 3.8) is 0 Å². The quantitative estimate of drug-likeness (QED) is 0.504. The lowest BCUT2D eigenvalue weighted by molar-refractivity contribution is -0.137. The van der Waals surface area contributed by atoms with Gasteiger partial charge in [-0.15, -0.1) is 0 Å². The van der Waals surface area contributed by atoms with Crippen LogP contribution in [0.3, 0.4) is 0 Å². The molecule has 7 nitrogen and oxygen atoms in total. The van der Waals surface area contributed by atoms with Gasteiger partial charge in [-0.3, -0.25) is 9.69 Å². The summed E-state index contributed by atoms with van der Waals surface area (Å²) in [6.45, 7) is 4.34. The van der Waals surface area contributed by atoms with Crippen LogP contribution in [0.5, 0.6) is 5.75 Å². The van der Waals surface area contributed by atoms with Gasteiger partial charge in [-0.1, -0.05) is 12.1 Å². The van der Waals surface area contributed by atoms with Gasteiger partial charge in [-0.05, 0) is 42.0 Å². The summed E-state index contributed by atoms with van der Waals surface area (Å²) < 4.78 is 47.8. The number of nitrogens with zero attached hydrogens (tertiary/aromatic N) is 4. The van der Waals surface area contributed by atoms with Crippen LogP contribution in [0.2, 0.25) is 0 Å². The molecule has 186 valence electrons. The van der Waals surface area contributed by atoms with Gasteiger partial charge in [-0.25, -0.2) is 4.98 Å². The monoisotopic (exact) mass is 505 g/mol. The number of aromatic nitrogens is 2. The van der Waals surface area contributed by atoms with Gasteiger partial charge >= 0.3 is 6.18 Å². The van der Waals surface area contributed by atoms with Crippen molar-refractivity contribution in [2.45, 2.75) is 12.6 Å². The Morgan fingerprint density at radius 1 is 1.11 bits per heavy atom. The second-order valence-electron chi connectivity index (χ2n) is 8.18. The van der Waals surface area contributed by atoms with E-state index in [4.69, 9.17) is 9.72 Å². The van der Waals surface area contributed by atoms with E-state index < -0.39 is 11.7 Å². The number of carbonyl (C=O) groups excluding carboxylic acids is 1. The van der Waals surface area contributed by atoms with Crippen molar-refractivity contribution in [2.24, 2.45) is 0 Å². The van der Waals surface area contributed by atoms with Gasteiger partial charge < -0.3 is 15.0 Å². The fraction of sp³-hybridized carbons (Fsp3) is 0.375. The highest BCUT2D eigenvalue weighted by molar-refractivity contribution is 7.09. The number of rotatable bonds is 8. The fourth-order valence-corrected chi connectivity index (χ4v) is 4.55. The normalized spacial score (nSPS) is 14.7. The smallest absolute Gasteiger partial charge is 0.416 e. The van der Waals surface area contributed by atoms with Gasteiger partial charge in [0.2, 0.25) is 5.13 Å². The molecule has 35 heavy (non-hydrogen) atoms. The van der Waals surface area contributed by atoms with Crippen LogP contribution in [-0.2, 0) is 12.6 Å². The average molecular weight is 506 g/mol. The van der Waals surface area contributed by atoms with E-state index in [1.54, 1.807) is 7.11 Å². The minimum Gasteiger partial charge on any atom is -0.497 e. The molecular weight excluding hydrogens is 479 g/mol. The third-order valence-corrected chi connectivity index (χ3v) is 6.60. The number of anilines is 1. The zero-order valence-corrected chi connectivity index (χ0v) is 20.0. The molecule has 0 unspecified atom stereocenters. The first kappa shape index (κ1) is 24.9. The summed E-state index contributed by atoms with van der Waals surface area (Å²) in [7, 11) is 1.64. The number of benzene rings is 2. The Labute approximate surface area is 205 Å². The molecule has 1 amide bonds. The highest BCUT2D eigenvalue weighted by Gasteiger charge is 2.30. The van der Waals surface area contributed by atoms with Crippen LogP contribution >= 0.6 is 11.5 Å². The molecule has 0 aliphatic carbocycles. The van der Waals surface area contributed by atoms with Crippen molar-refractivity contribution in [2.75, 3.05) is 51.3 Å². The molecule has 1 fully saturated rings. The predicted molar refractivity (Wildman–Crippen MR) is 128 cm³/mol. The summed E-state index contributed by atoms with van der Waals surface area (Å²) in [5, 5.41) is 3.68. The number of alkyl halides is 3. The number of amides is 1. The first-order valence-electron chi connectivity index (χ1n) is 11.2. The standard InChI is InChI=1S/C24H26F3N5O2S/c1-34-20-4-2-3-17(15-20)16-21-29-23(35-30-21)32-13-11-31(12-14-32)10-9-28-22(33)18-5-7-19(8-6-18)24(25,26)27/h2-8,15H,9-14,16H2,1H3,(H,28,33). The Kier molecular flexibility index (Phi) is 7.86. The number of hydrogen-bond acceptors (Lipinski definition) is 7. The van der Waals surface area contributed by atoms with Crippen molar-refractivity contribution < 1.29 is 22.7 Å². The largest absolute Gasteiger partial charge is 0.497 e. The van der Waals surface area contributed by atoms with Crippen molar-refractivity contribution in [3.8, 4) is 5.75 Å². The number of ether oxygens (including phenoxy) is 1. The van der Waals surface area contributed by atoms with Gasteiger partial charge in [0, 0.05) is 62.8 Å². The molecule has 11 heteroatoms. The van der Waals surface area contributed by atoms with Crippen LogP contribution in [0.25, 0.3) is 0 Å². The van der Waals surface area contributed by atoms with E-state index in [0.29, 0.717) is 19.5 Å². The molecular formula is C24H26F3N5O2S. The molecule has 0 atom stereocenters. The maximum atomic E-state index is 12.7. The van der Waals surface area contributed by atoms with E-state index >= 15 is 0 Å². The predicted octanol–water partition coefficient (Wildman–Crippen LogP) is 3.71. The van der Waals surface area contributed by atoms with Crippen LogP contribution in [0.1, 0.15) is 27.3 Å². The lowest BCUT2D eigenvalue weighted by atomic mass is 10.1. The second kappa shape index (κ2) is 11.0. The fourth-order valence-electron chi connectivity index (χ4n) is 3.81. The summed E-state index contributed by atoms with van der Waals surface area (Å²) in [5.41, 5.74) is 0.537.